The molecule has 13 heteroatoms. The number of hydrogen-bond acceptors (Lipinski definition) is 6. The maximum atomic E-state index is 13.3. The van der Waals surface area contributed by atoms with Gasteiger partial charge in [0.2, 0.25) is 11.9 Å². The zero-order valence-electron chi connectivity index (χ0n) is 20.9. The van der Waals surface area contributed by atoms with E-state index in [1.54, 1.807) is 6.20 Å². The molecule has 3 aliphatic rings. The van der Waals surface area contributed by atoms with Crippen molar-refractivity contribution in [1.82, 2.24) is 19.5 Å². The first-order chi connectivity index (χ1) is 18.5. The number of benzene rings is 1. The summed E-state index contributed by atoms with van der Waals surface area (Å²) in [6.07, 6.45) is 2.58. The van der Waals surface area contributed by atoms with E-state index in [0.29, 0.717) is 60.0 Å². The third-order valence-electron chi connectivity index (χ3n) is 8.28. The van der Waals surface area contributed by atoms with Crippen LogP contribution in [0.25, 0.3) is 11.2 Å². The lowest BCUT2D eigenvalue weighted by Crippen LogP contribution is -2.52. The lowest BCUT2D eigenvalue weighted by atomic mass is 9.60. The van der Waals surface area contributed by atoms with Crippen LogP contribution in [0.5, 0.6) is 0 Å². The van der Waals surface area contributed by atoms with Gasteiger partial charge in [0.05, 0.1) is 40.7 Å². The molecule has 0 unspecified atom stereocenters. The number of carbonyl (C=O) groups is 1. The van der Waals surface area contributed by atoms with Gasteiger partial charge in [-0.25, -0.2) is 15.0 Å². The number of nitrogens with one attached hydrogen (secondary N) is 1. The summed E-state index contributed by atoms with van der Waals surface area (Å²) in [7, 11) is 0. The standard InChI is InChI=1S/C26H27Cl2F3N6O2/c27-17-6-15(26(29,30)31)7-18(28)21(17)36-24-34-19-10-33-20(5-13-8-25(9-13)11-39-12-25)35-23(19)37(24)16-3-1-14(2-4-16)22(32)38/h6-7,10,13-14,16H,1-5,8-9,11-12H2,(H2,32,38)(H,34,36). The van der Waals surface area contributed by atoms with E-state index < -0.39 is 11.7 Å². The molecular weight excluding hydrogens is 556 g/mol. The Kier molecular flexibility index (Phi) is 6.67. The highest BCUT2D eigenvalue weighted by Crippen LogP contribution is 2.51. The van der Waals surface area contributed by atoms with Crippen molar-refractivity contribution in [1.29, 1.82) is 0 Å². The first kappa shape index (κ1) is 26.6. The zero-order valence-corrected chi connectivity index (χ0v) is 22.4. The molecule has 1 spiro atoms. The van der Waals surface area contributed by atoms with E-state index in [4.69, 9.17) is 38.7 Å². The predicted octanol–water partition coefficient (Wildman–Crippen LogP) is 6.08. The van der Waals surface area contributed by atoms with Gasteiger partial charge in [0, 0.05) is 23.8 Å². The molecule has 1 aromatic carbocycles. The van der Waals surface area contributed by atoms with Gasteiger partial charge in [-0.3, -0.25) is 9.36 Å². The molecular formula is C26H27Cl2F3N6O2. The van der Waals surface area contributed by atoms with Crippen LogP contribution >= 0.6 is 23.2 Å². The number of rotatable bonds is 6. The molecule has 2 saturated carbocycles. The Hall–Kier alpha value is -2.63. The molecule has 0 bridgehead atoms. The Morgan fingerprint density at radius 2 is 1.79 bits per heavy atom. The van der Waals surface area contributed by atoms with Gasteiger partial charge in [-0.2, -0.15) is 13.2 Å². The lowest BCUT2D eigenvalue weighted by molar-refractivity contribution is -0.178. The highest BCUT2D eigenvalue weighted by Gasteiger charge is 2.49. The number of hydrogen-bond donors (Lipinski definition) is 2. The van der Waals surface area contributed by atoms with Gasteiger partial charge in [0.15, 0.2) is 5.65 Å². The molecule has 0 radical (unpaired) electrons. The molecule has 0 atom stereocenters. The summed E-state index contributed by atoms with van der Waals surface area (Å²) in [5.41, 5.74) is 6.21. The minimum absolute atomic E-state index is 0.0676. The van der Waals surface area contributed by atoms with Crippen molar-refractivity contribution in [3.63, 3.8) is 0 Å². The molecule has 6 rings (SSSR count). The van der Waals surface area contributed by atoms with Gasteiger partial charge in [0.1, 0.15) is 11.3 Å². The number of anilines is 2. The van der Waals surface area contributed by atoms with E-state index >= 15 is 0 Å². The normalized spacial score (nSPS) is 23.0. The number of alkyl halides is 3. The van der Waals surface area contributed by atoms with Crippen molar-refractivity contribution in [3.05, 3.63) is 39.8 Å². The van der Waals surface area contributed by atoms with E-state index in [9.17, 15) is 18.0 Å². The summed E-state index contributed by atoms with van der Waals surface area (Å²) < 4.78 is 47.1. The number of aromatic nitrogens is 4. The number of imidazole rings is 1. The highest BCUT2D eigenvalue weighted by molar-refractivity contribution is 6.39. The molecule has 1 amide bonds. The fourth-order valence-electron chi connectivity index (χ4n) is 6.24. The monoisotopic (exact) mass is 582 g/mol. The van der Waals surface area contributed by atoms with Gasteiger partial charge in [-0.15, -0.1) is 0 Å². The minimum atomic E-state index is -4.59. The average molecular weight is 583 g/mol. The zero-order chi connectivity index (χ0) is 27.5. The second-order valence-electron chi connectivity index (χ2n) is 11.1. The van der Waals surface area contributed by atoms with Crippen LogP contribution in [-0.2, 0) is 22.1 Å². The molecule has 1 saturated heterocycles. The topological polar surface area (TPSA) is 108 Å². The summed E-state index contributed by atoms with van der Waals surface area (Å²) in [6, 6.07) is 1.59. The number of amides is 1. The van der Waals surface area contributed by atoms with Crippen LogP contribution in [0.2, 0.25) is 10.0 Å². The molecule has 3 fully saturated rings. The molecule has 3 N–H and O–H groups in total. The van der Waals surface area contributed by atoms with E-state index in [2.05, 4.69) is 15.3 Å². The van der Waals surface area contributed by atoms with Crippen molar-refractivity contribution in [2.45, 2.75) is 57.2 Å². The number of carbonyl (C=O) groups excluding carboxylic acids is 1. The predicted molar refractivity (Wildman–Crippen MR) is 140 cm³/mol. The fraction of sp³-hybridized carbons (Fsp3) is 0.538. The third kappa shape index (κ3) is 5.04. The number of fused-ring (bicyclic) bond motifs is 1. The molecule has 8 nitrogen and oxygen atoms in total. The lowest BCUT2D eigenvalue weighted by Gasteiger charge is -2.53. The van der Waals surface area contributed by atoms with E-state index in [1.165, 1.54) is 0 Å². The van der Waals surface area contributed by atoms with Crippen LogP contribution in [-0.4, -0.2) is 38.6 Å². The highest BCUT2D eigenvalue weighted by atomic mass is 35.5. The van der Waals surface area contributed by atoms with Gasteiger partial charge < -0.3 is 15.8 Å². The van der Waals surface area contributed by atoms with E-state index in [0.717, 1.165) is 44.6 Å². The van der Waals surface area contributed by atoms with Crippen molar-refractivity contribution in [2.24, 2.45) is 23.0 Å². The number of ether oxygens (including phenoxy) is 1. The Morgan fingerprint density at radius 3 is 2.36 bits per heavy atom. The average Bonchev–Trinajstić information content (AvgIpc) is 3.18. The number of halogens is 5. The summed E-state index contributed by atoms with van der Waals surface area (Å²) in [4.78, 5) is 25.9. The van der Waals surface area contributed by atoms with E-state index in [1.807, 2.05) is 4.57 Å². The number of nitrogens with two attached hydrogens (primary N) is 1. The third-order valence-corrected chi connectivity index (χ3v) is 8.88. The van der Waals surface area contributed by atoms with Gasteiger partial charge in [-0.05, 0) is 56.6 Å². The number of nitrogens with zero attached hydrogens (tertiary/aromatic N) is 4. The maximum Gasteiger partial charge on any atom is 0.416 e. The van der Waals surface area contributed by atoms with Crippen LogP contribution < -0.4 is 11.1 Å². The summed E-state index contributed by atoms with van der Waals surface area (Å²) in [6.45, 7) is 1.66. The van der Waals surface area contributed by atoms with Gasteiger partial charge in [-0.1, -0.05) is 23.2 Å². The second kappa shape index (κ2) is 9.78. The SMILES string of the molecule is NC(=O)C1CCC(n2c(Nc3c(Cl)cc(C(F)(F)F)cc3Cl)nc3cnc(CC4CC5(COC5)C4)nc32)CC1. The van der Waals surface area contributed by atoms with Gasteiger partial charge >= 0.3 is 6.18 Å². The molecule has 3 heterocycles. The van der Waals surface area contributed by atoms with Crippen LogP contribution in [0.4, 0.5) is 24.8 Å². The summed E-state index contributed by atoms with van der Waals surface area (Å²) >= 11 is 12.5. The summed E-state index contributed by atoms with van der Waals surface area (Å²) in [5.74, 6) is 1.04. The minimum Gasteiger partial charge on any atom is -0.380 e. The van der Waals surface area contributed by atoms with Crippen LogP contribution in [0.15, 0.2) is 18.3 Å². The maximum absolute atomic E-state index is 13.3. The van der Waals surface area contributed by atoms with E-state index in [-0.39, 0.29) is 33.6 Å². The van der Waals surface area contributed by atoms with Gasteiger partial charge in [0.25, 0.3) is 0 Å². The van der Waals surface area contributed by atoms with Crippen LogP contribution in [0.3, 0.4) is 0 Å². The second-order valence-corrected chi connectivity index (χ2v) is 11.9. The van der Waals surface area contributed by atoms with Crippen molar-refractivity contribution in [3.8, 4) is 0 Å². The fourth-order valence-corrected chi connectivity index (χ4v) is 6.82. The molecule has 1 aliphatic heterocycles. The number of primary amides is 1. The first-order valence-electron chi connectivity index (χ1n) is 13.0. The Morgan fingerprint density at radius 1 is 1.13 bits per heavy atom. The summed E-state index contributed by atoms with van der Waals surface area (Å²) in [5, 5.41) is 2.70. The van der Waals surface area contributed by atoms with Crippen LogP contribution in [0, 0.1) is 17.3 Å². The first-order valence-corrected chi connectivity index (χ1v) is 13.7. The largest absolute Gasteiger partial charge is 0.416 e. The Labute approximate surface area is 232 Å². The van der Waals surface area contributed by atoms with Crippen molar-refractivity contribution in [2.75, 3.05) is 18.5 Å². The van der Waals surface area contributed by atoms with Crippen molar-refractivity contribution >= 4 is 51.9 Å². The Bertz CT molecular complexity index is 1400. The van der Waals surface area contributed by atoms with Crippen molar-refractivity contribution < 1.29 is 22.7 Å². The molecule has 3 aromatic rings. The Balaban J connectivity index is 1.34. The molecule has 208 valence electrons. The molecule has 2 aliphatic carbocycles. The molecule has 2 aromatic heterocycles. The molecule has 39 heavy (non-hydrogen) atoms. The quantitative estimate of drug-likeness (QED) is 0.364. The van der Waals surface area contributed by atoms with Crippen LogP contribution in [0.1, 0.15) is 56.0 Å². The smallest absolute Gasteiger partial charge is 0.380 e.